The van der Waals surface area contributed by atoms with Gasteiger partial charge in [0.2, 0.25) is 0 Å². The summed E-state index contributed by atoms with van der Waals surface area (Å²) in [5, 5.41) is 9.25. The van der Waals surface area contributed by atoms with E-state index in [9.17, 15) is 9.32 Å². The van der Waals surface area contributed by atoms with Gasteiger partial charge < -0.3 is 10.8 Å². The smallest absolute Gasteiger partial charge is 0.0781 e. The summed E-state index contributed by atoms with van der Waals surface area (Å²) in [5.41, 5.74) is 5.24. The molecular formula is C9H12BrNO2S. The minimum atomic E-state index is -1.20. The van der Waals surface area contributed by atoms with Crippen molar-refractivity contribution in [3.8, 4) is 0 Å². The zero-order valence-corrected chi connectivity index (χ0v) is 9.92. The lowest BCUT2D eigenvalue weighted by Crippen LogP contribution is -2.26. The van der Waals surface area contributed by atoms with Crippen molar-refractivity contribution in [2.24, 2.45) is 5.73 Å². The van der Waals surface area contributed by atoms with Crippen LogP contribution >= 0.6 is 15.9 Å². The third-order valence-corrected chi connectivity index (χ3v) is 4.19. The topological polar surface area (TPSA) is 63.3 Å². The molecule has 2 atom stereocenters. The monoisotopic (exact) mass is 277 g/mol. The first-order valence-corrected chi connectivity index (χ1v) is 6.27. The van der Waals surface area contributed by atoms with Gasteiger partial charge in [0.25, 0.3) is 0 Å². The molecule has 1 aromatic carbocycles. The average molecular weight is 278 g/mol. The molecule has 0 amide bonds. The molecule has 0 spiro atoms. The Morgan fingerprint density at radius 2 is 2.14 bits per heavy atom. The number of benzene rings is 1. The predicted octanol–water partition coefficient (Wildman–Crippen LogP) is 0.876. The van der Waals surface area contributed by atoms with Crippen molar-refractivity contribution in [2.45, 2.75) is 11.0 Å². The van der Waals surface area contributed by atoms with Gasteiger partial charge in [-0.25, -0.2) is 0 Å². The molecule has 78 valence electrons. The van der Waals surface area contributed by atoms with Gasteiger partial charge in [-0.1, -0.05) is 12.1 Å². The molecule has 3 N–H and O–H groups in total. The molecule has 1 rings (SSSR count). The fraction of sp³-hybridized carbons (Fsp3) is 0.333. The number of aliphatic hydroxyl groups is 1. The van der Waals surface area contributed by atoms with Crippen molar-refractivity contribution in [1.29, 1.82) is 0 Å². The Morgan fingerprint density at radius 3 is 2.71 bits per heavy atom. The van der Waals surface area contributed by atoms with E-state index in [4.69, 9.17) is 5.73 Å². The second kappa shape index (κ2) is 5.60. The summed E-state index contributed by atoms with van der Waals surface area (Å²) in [5.74, 6) is 0.180. The lowest BCUT2D eigenvalue weighted by Gasteiger charge is -2.08. The minimum Gasteiger partial charge on any atom is -0.391 e. The SMILES string of the molecule is NCC(O)CS(=O)c1ccccc1Br. The molecule has 0 aromatic heterocycles. The van der Waals surface area contributed by atoms with Crippen LogP contribution in [-0.4, -0.2) is 27.7 Å². The van der Waals surface area contributed by atoms with E-state index in [1.54, 1.807) is 6.07 Å². The van der Waals surface area contributed by atoms with Gasteiger partial charge in [0.05, 0.1) is 27.6 Å². The summed E-state index contributed by atoms with van der Waals surface area (Å²) in [6.07, 6.45) is -0.706. The Kier molecular flexibility index (Phi) is 4.74. The van der Waals surface area contributed by atoms with Crippen LogP contribution < -0.4 is 5.73 Å². The van der Waals surface area contributed by atoms with Crippen LogP contribution in [0.15, 0.2) is 33.6 Å². The fourth-order valence-electron chi connectivity index (χ4n) is 0.962. The third-order valence-electron chi connectivity index (χ3n) is 1.70. The molecule has 0 saturated carbocycles. The molecule has 0 radical (unpaired) electrons. The largest absolute Gasteiger partial charge is 0.391 e. The summed E-state index contributed by atoms with van der Waals surface area (Å²) in [4.78, 5) is 0.694. The Labute approximate surface area is 93.9 Å². The maximum Gasteiger partial charge on any atom is 0.0781 e. The average Bonchev–Trinajstić information content (AvgIpc) is 2.18. The molecule has 0 heterocycles. The van der Waals surface area contributed by atoms with E-state index in [2.05, 4.69) is 15.9 Å². The van der Waals surface area contributed by atoms with Gasteiger partial charge in [-0.2, -0.15) is 0 Å². The summed E-state index contributed by atoms with van der Waals surface area (Å²) in [6.45, 7) is 0.135. The van der Waals surface area contributed by atoms with Gasteiger partial charge >= 0.3 is 0 Å². The summed E-state index contributed by atoms with van der Waals surface area (Å²) >= 11 is 3.30. The number of aliphatic hydroxyl groups excluding tert-OH is 1. The van der Waals surface area contributed by atoms with Gasteiger partial charge in [-0.3, -0.25) is 4.21 Å². The van der Waals surface area contributed by atoms with Gasteiger partial charge in [-0.15, -0.1) is 0 Å². The maximum absolute atomic E-state index is 11.7. The minimum absolute atomic E-state index is 0.135. The molecule has 14 heavy (non-hydrogen) atoms. The van der Waals surface area contributed by atoms with E-state index in [-0.39, 0.29) is 12.3 Å². The van der Waals surface area contributed by atoms with Gasteiger partial charge in [0.15, 0.2) is 0 Å². The third kappa shape index (κ3) is 3.16. The van der Waals surface area contributed by atoms with Crippen LogP contribution in [0.25, 0.3) is 0 Å². The Morgan fingerprint density at radius 1 is 1.50 bits per heavy atom. The lowest BCUT2D eigenvalue weighted by molar-refractivity contribution is 0.207. The normalized spacial score (nSPS) is 15.1. The van der Waals surface area contributed by atoms with Crippen LogP contribution in [0.5, 0.6) is 0 Å². The molecular weight excluding hydrogens is 266 g/mol. The van der Waals surface area contributed by atoms with Gasteiger partial charge in [0, 0.05) is 11.0 Å². The second-order valence-electron chi connectivity index (χ2n) is 2.83. The van der Waals surface area contributed by atoms with Crippen LogP contribution in [0.2, 0.25) is 0 Å². The molecule has 0 fully saturated rings. The Balaban J connectivity index is 2.75. The van der Waals surface area contributed by atoms with E-state index in [0.717, 1.165) is 4.47 Å². The number of nitrogens with two attached hydrogens (primary N) is 1. The van der Waals surface area contributed by atoms with E-state index in [1.165, 1.54) is 0 Å². The highest BCUT2D eigenvalue weighted by atomic mass is 79.9. The molecule has 5 heteroatoms. The first-order chi connectivity index (χ1) is 6.65. The van der Waals surface area contributed by atoms with Crippen molar-refractivity contribution in [2.75, 3.05) is 12.3 Å². The predicted molar refractivity (Wildman–Crippen MR) is 60.5 cm³/mol. The zero-order chi connectivity index (χ0) is 10.6. The van der Waals surface area contributed by atoms with E-state index < -0.39 is 16.9 Å². The van der Waals surface area contributed by atoms with Crippen LogP contribution in [0, 0.1) is 0 Å². The lowest BCUT2D eigenvalue weighted by atomic mass is 10.4. The molecule has 0 saturated heterocycles. The summed E-state index contributed by atoms with van der Waals surface area (Å²) < 4.78 is 12.5. The molecule has 3 nitrogen and oxygen atoms in total. The van der Waals surface area contributed by atoms with Crippen molar-refractivity contribution in [1.82, 2.24) is 0 Å². The fourth-order valence-corrected chi connectivity index (χ4v) is 2.97. The van der Waals surface area contributed by atoms with Gasteiger partial charge in [0.1, 0.15) is 0 Å². The van der Waals surface area contributed by atoms with Crippen LogP contribution in [-0.2, 0) is 10.8 Å². The van der Waals surface area contributed by atoms with Crippen molar-refractivity contribution in [3.63, 3.8) is 0 Å². The number of rotatable bonds is 4. The highest BCUT2D eigenvalue weighted by Crippen LogP contribution is 2.19. The molecule has 0 aliphatic carbocycles. The Bertz CT molecular complexity index is 332. The molecule has 1 aromatic rings. The Hall–Kier alpha value is -0.230. The molecule has 2 unspecified atom stereocenters. The first kappa shape index (κ1) is 11.8. The molecule has 0 aliphatic heterocycles. The second-order valence-corrected chi connectivity index (χ2v) is 5.15. The molecule has 0 bridgehead atoms. The van der Waals surface area contributed by atoms with Crippen molar-refractivity contribution >= 4 is 26.7 Å². The maximum atomic E-state index is 11.7. The molecule has 0 aliphatic rings. The highest BCUT2D eigenvalue weighted by Gasteiger charge is 2.11. The van der Waals surface area contributed by atoms with Crippen LogP contribution in [0.1, 0.15) is 0 Å². The van der Waals surface area contributed by atoms with Crippen LogP contribution in [0.4, 0.5) is 0 Å². The van der Waals surface area contributed by atoms with Gasteiger partial charge in [-0.05, 0) is 28.1 Å². The van der Waals surface area contributed by atoms with E-state index >= 15 is 0 Å². The van der Waals surface area contributed by atoms with Crippen LogP contribution in [0.3, 0.4) is 0 Å². The standard InChI is InChI=1S/C9H12BrNO2S/c10-8-3-1-2-4-9(8)14(13)6-7(12)5-11/h1-4,7,12H,5-6,11H2. The highest BCUT2D eigenvalue weighted by molar-refractivity contribution is 9.10. The first-order valence-electron chi connectivity index (χ1n) is 4.16. The number of hydrogen-bond donors (Lipinski definition) is 2. The summed E-state index contributed by atoms with van der Waals surface area (Å²) in [7, 11) is -1.20. The number of halogens is 1. The van der Waals surface area contributed by atoms with E-state index in [0.29, 0.717) is 4.90 Å². The zero-order valence-electron chi connectivity index (χ0n) is 7.52. The number of hydrogen-bond acceptors (Lipinski definition) is 3. The quantitative estimate of drug-likeness (QED) is 0.859. The van der Waals surface area contributed by atoms with Crippen molar-refractivity contribution in [3.05, 3.63) is 28.7 Å². The van der Waals surface area contributed by atoms with Crippen molar-refractivity contribution < 1.29 is 9.32 Å². The van der Waals surface area contributed by atoms with E-state index in [1.807, 2.05) is 18.2 Å². The summed E-state index contributed by atoms with van der Waals surface area (Å²) in [6, 6.07) is 7.25.